The predicted molar refractivity (Wildman–Crippen MR) is 94.5 cm³/mol. The lowest BCUT2D eigenvalue weighted by atomic mass is 9.81. The second-order valence-electron chi connectivity index (χ2n) is 7.37. The Labute approximate surface area is 140 Å². The fraction of sp³-hybridized carbons (Fsp3) is 0.650. The van der Waals surface area contributed by atoms with Crippen LogP contribution < -0.4 is 5.32 Å². The Hall–Kier alpha value is -1.35. The molecule has 0 aromatic heterocycles. The normalized spacial score (nSPS) is 24.5. The van der Waals surface area contributed by atoms with Crippen LogP contribution in [0.4, 0.5) is 0 Å². The van der Waals surface area contributed by atoms with E-state index in [0.717, 1.165) is 32.5 Å². The zero-order valence-electron chi connectivity index (χ0n) is 14.4. The fourth-order valence-corrected chi connectivity index (χ4v) is 4.34. The van der Waals surface area contributed by atoms with Crippen molar-refractivity contribution >= 4 is 5.91 Å². The highest BCUT2D eigenvalue weighted by molar-refractivity contribution is 5.76. The third-order valence-corrected chi connectivity index (χ3v) is 5.61. The summed E-state index contributed by atoms with van der Waals surface area (Å²) in [6, 6.07) is 10.9. The van der Waals surface area contributed by atoms with Crippen molar-refractivity contribution in [2.45, 2.75) is 63.3 Å². The Morgan fingerprint density at radius 2 is 1.96 bits per heavy atom. The average molecular weight is 314 g/mol. The van der Waals surface area contributed by atoms with Crippen LogP contribution in [0.15, 0.2) is 30.3 Å². The summed E-state index contributed by atoms with van der Waals surface area (Å²) < 4.78 is 0. The van der Waals surface area contributed by atoms with Crippen LogP contribution in [0.5, 0.6) is 0 Å². The molecule has 1 N–H and O–H groups in total. The fourth-order valence-electron chi connectivity index (χ4n) is 4.34. The van der Waals surface area contributed by atoms with E-state index in [1.165, 1.54) is 31.2 Å². The lowest BCUT2D eigenvalue weighted by Gasteiger charge is -2.41. The number of rotatable bonds is 5. The molecule has 1 aliphatic carbocycles. The molecule has 1 aromatic carbocycles. The smallest absolute Gasteiger partial charge is 0.220 e. The molecule has 1 unspecified atom stereocenters. The number of likely N-dealkylation sites (tertiary alicyclic amines) is 1. The molecule has 2 fully saturated rings. The molecule has 1 aliphatic heterocycles. The van der Waals surface area contributed by atoms with Gasteiger partial charge in [-0.15, -0.1) is 0 Å². The predicted octanol–water partition coefficient (Wildman–Crippen LogP) is 3.71. The molecule has 0 bridgehead atoms. The van der Waals surface area contributed by atoms with Crippen molar-refractivity contribution in [1.29, 1.82) is 0 Å². The summed E-state index contributed by atoms with van der Waals surface area (Å²) in [5.74, 6) is 0.865. The summed E-state index contributed by atoms with van der Waals surface area (Å²) in [6.45, 7) is 5.27. The van der Waals surface area contributed by atoms with E-state index in [9.17, 15) is 4.79 Å². The van der Waals surface area contributed by atoms with Gasteiger partial charge in [0, 0.05) is 19.5 Å². The van der Waals surface area contributed by atoms with Crippen molar-refractivity contribution in [3.05, 3.63) is 35.9 Å². The Balaban J connectivity index is 1.63. The highest BCUT2D eigenvalue weighted by Gasteiger charge is 2.37. The number of hydrogen-bond acceptors (Lipinski definition) is 2. The first-order chi connectivity index (χ1) is 11.2. The van der Waals surface area contributed by atoms with Crippen molar-refractivity contribution in [2.75, 3.05) is 19.6 Å². The molecule has 1 aromatic rings. The van der Waals surface area contributed by atoms with Crippen LogP contribution in [-0.2, 0) is 4.79 Å². The Kier molecular flexibility index (Phi) is 5.37. The molecule has 1 heterocycles. The maximum Gasteiger partial charge on any atom is 0.220 e. The molecule has 1 amide bonds. The molecular weight excluding hydrogens is 284 g/mol. The van der Waals surface area contributed by atoms with E-state index in [1.54, 1.807) is 0 Å². The Morgan fingerprint density at radius 1 is 1.22 bits per heavy atom. The number of nitrogens with one attached hydrogen (secondary N) is 1. The van der Waals surface area contributed by atoms with Crippen molar-refractivity contribution < 1.29 is 4.79 Å². The first-order valence-electron chi connectivity index (χ1n) is 9.29. The van der Waals surface area contributed by atoms with Gasteiger partial charge in [0.05, 0.1) is 5.54 Å². The first-order valence-corrected chi connectivity index (χ1v) is 9.29. The van der Waals surface area contributed by atoms with Crippen molar-refractivity contribution in [1.82, 2.24) is 10.2 Å². The molecule has 3 heteroatoms. The minimum Gasteiger partial charge on any atom is -0.349 e. The van der Waals surface area contributed by atoms with Gasteiger partial charge in [-0.2, -0.15) is 0 Å². The molecule has 3 rings (SSSR count). The zero-order valence-corrected chi connectivity index (χ0v) is 14.4. The maximum atomic E-state index is 12.0. The van der Waals surface area contributed by atoms with Crippen LogP contribution in [0.3, 0.4) is 0 Å². The Morgan fingerprint density at radius 3 is 2.65 bits per heavy atom. The van der Waals surface area contributed by atoms with Gasteiger partial charge in [-0.3, -0.25) is 4.79 Å². The second-order valence-corrected chi connectivity index (χ2v) is 7.37. The van der Waals surface area contributed by atoms with Crippen LogP contribution >= 0.6 is 0 Å². The molecule has 126 valence electrons. The largest absolute Gasteiger partial charge is 0.349 e. The van der Waals surface area contributed by atoms with Crippen LogP contribution in [-0.4, -0.2) is 36.0 Å². The Bertz CT molecular complexity index is 508. The highest BCUT2D eigenvalue weighted by atomic mass is 16.1. The van der Waals surface area contributed by atoms with Gasteiger partial charge >= 0.3 is 0 Å². The standard InChI is InChI=1S/C20H30N2O/c1-2-19(23)21-20(12-7-4-8-13-20)16-22-14-11-18(15-22)17-9-5-3-6-10-17/h3,5-6,9-10,18H,2,4,7-8,11-16H2,1H3,(H,21,23). The molecule has 1 saturated carbocycles. The summed E-state index contributed by atoms with van der Waals surface area (Å²) in [5, 5.41) is 3.38. The van der Waals surface area contributed by atoms with Crippen LogP contribution in [0, 0.1) is 0 Å². The van der Waals surface area contributed by atoms with Crippen LogP contribution in [0.1, 0.15) is 63.4 Å². The molecule has 0 radical (unpaired) electrons. The van der Waals surface area contributed by atoms with Gasteiger partial charge in [-0.05, 0) is 37.3 Å². The maximum absolute atomic E-state index is 12.0. The van der Waals surface area contributed by atoms with E-state index in [1.807, 2.05) is 6.92 Å². The topological polar surface area (TPSA) is 32.3 Å². The van der Waals surface area contributed by atoms with E-state index in [-0.39, 0.29) is 11.4 Å². The van der Waals surface area contributed by atoms with E-state index in [4.69, 9.17) is 0 Å². The lowest BCUT2D eigenvalue weighted by molar-refractivity contribution is -0.123. The highest BCUT2D eigenvalue weighted by Crippen LogP contribution is 2.33. The molecule has 0 spiro atoms. The molecule has 2 aliphatic rings. The second kappa shape index (κ2) is 7.48. The van der Waals surface area contributed by atoms with Gasteiger partial charge in [0.2, 0.25) is 5.91 Å². The monoisotopic (exact) mass is 314 g/mol. The molecule has 23 heavy (non-hydrogen) atoms. The molecule has 1 atom stereocenters. The minimum absolute atomic E-state index is 0.0247. The van der Waals surface area contributed by atoms with Gasteiger partial charge < -0.3 is 10.2 Å². The summed E-state index contributed by atoms with van der Waals surface area (Å²) in [7, 11) is 0. The minimum atomic E-state index is 0.0247. The summed E-state index contributed by atoms with van der Waals surface area (Å²) in [4.78, 5) is 14.6. The molecular formula is C20H30N2O. The quantitative estimate of drug-likeness (QED) is 0.898. The van der Waals surface area contributed by atoms with Crippen molar-refractivity contribution in [2.24, 2.45) is 0 Å². The summed E-state index contributed by atoms with van der Waals surface area (Å²) in [6.07, 6.45) is 7.93. The van der Waals surface area contributed by atoms with E-state index >= 15 is 0 Å². The number of hydrogen-bond donors (Lipinski definition) is 1. The summed E-state index contributed by atoms with van der Waals surface area (Å²) in [5.41, 5.74) is 1.49. The van der Waals surface area contributed by atoms with Gasteiger partial charge in [-0.25, -0.2) is 0 Å². The number of carbonyl (C=O) groups is 1. The SMILES string of the molecule is CCC(=O)NC1(CN2CCC(c3ccccc3)C2)CCCCC1. The van der Waals surface area contributed by atoms with Crippen LogP contribution in [0.25, 0.3) is 0 Å². The average Bonchev–Trinajstić information content (AvgIpc) is 3.04. The first kappa shape index (κ1) is 16.5. The molecule has 3 nitrogen and oxygen atoms in total. The van der Waals surface area contributed by atoms with E-state index in [0.29, 0.717) is 12.3 Å². The van der Waals surface area contributed by atoms with Crippen LogP contribution in [0.2, 0.25) is 0 Å². The third kappa shape index (κ3) is 4.14. The van der Waals surface area contributed by atoms with Gasteiger partial charge in [0.25, 0.3) is 0 Å². The van der Waals surface area contributed by atoms with Gasteiger partial charge in [0.1, 0.15) is 0 Å². The number of amides is 1. The van der Waals surface area contributed by atoms with E-state index < -0.39 is 0 Å². The molecule has 1 saturated heterocycles. The zero-order chi connectivity index (χ0) is 16.1. The number of benzene rings is 1. The van der Waals surface area contributed by atoms with Gasteiger partial charge in [-0.1, -0.05) is 56.5 Å². The van der Waals surface area contributed by atoms with Crippen molar-refractivity contribution in [3.8, 4) is 0 Å². The third-order valence-electron chi connectivity index (χ3n) is 5.61. The lowest BCUT2D eigenvalue weighted by Crippen LogP contribution is -2.56. The number of carbonyl (C=O) groups excluding carboxylic acids is 1. The van der Waals surface area contributed by atoms with Crippen molar-refractivity contribution in [3.63, 3.8) is 0 Å². The summed E-state index contributed by atoms with van der Waals surface area (Å²) >= 11 is 0. The van der Waals surface area contributed by atoms with E-state index in [2.05, 4.69) is 40.5 Å². The number of nitrogens with zero attached hydrogens (tertiary/aromatic N) is 1. The van der Waals surface area contributed by atoms with Gasteiger partial charge in [0.15, 0.2) is 0 Å².